The van der Waals surface area contributed by atoms with E-state index in [1.807, 2.05) is 6.92 Å². The van der Waals surface area contributed by atoms with Crippen molar-refractivity contribution in [2.24, 2.45) is 0 Å². The molecule has 0 heterocycles. The highest BCUT2D eigenvalue weighted by Crippen LogP contribution is 2.32. The number of rotatable bonds is 6. The summed E-state index contributed by atoms with van der Waals surface area (Å²) in [6.45, 7) is 2.56. The molecule has 22 heavy (non-hydrogen) atoms. The lowest BCUT2D eigenvalue weighted by atomic mass is 10.0. The molecular formula is C17H18O5. The van der Waals surface area contributed by atoms with Crippen LogP contribution in [0.15, 0.2) is 36.4 Å². The molecule has 116 valence electrons. The zero-order chi connectivity index (χ0) is 16.1. The lowest BCUT2D eigenvalue weighted by molar-refractivity contribution is 0.0696. The van der Waals surface area contributed by atoms with Crippen LogP contribution in [-0.2, 0) is 0 Å². The molecule has 2 rings (SSSR count). The fourth-order valence-corrected chi connectivity index (χ4v) is 2.01. The van der Waals surface area contributed by atoms with Gasteiger partial charge in [-0.25, -0.2) is 4.79 Å². The third-order valence-corrected chi connectivity index (χ3v) is 3.23. The number of benzene rings is 2. The summed E-state index contributed by atoms with van der Waals surface area (Å²) in [7, 11) is 0. The summed E-state index contributed by atoms with van der Waals surface area (Å²) >= 11 is 0. The predicted octanol–water partition coefficient (Wildman–Crippen LogP) is 3.64. The Morgan fingerprint density at radius 3 is 2.45 bits per heavy atom. The zero-order valence-corrected chi connectivity index (χ0v) is 12.2. The standard InChI is InChI=1S/C17H18O5/c1-2-3-6-22-14-8-12(7-13(9-14)17(20)21)11-4-5-15(18)16(19)10-11/h4-5,7-10,18-19H,2-3,6H2,1H3,(H,20,21). The normalized spacial score (nSPS) is 10.4. The number of phenols is 2. The molecule has 2 aromatic rings. The van der Waals surface area contributed by atoms with Crippen LogP contribution < -0.4 is 4.74 Å². The number of ether oxygens (including phenoxy) is 1. The van der Waals surface area contributed by atoms with Crippen molar-refractivity contribution in [3.05, 3.63) is 42.0 Å². The molecule has 0 unspecified atom stereocenters. The molecule has 0 atom stereocenters. The van der Waals surface area contributed by atoms with E-state index in [1.165, 1.54) is 24.3 Å². The van der Waals surface area contributed by atoms with Crippen LogP contribution in [0.3, 0.4) is 0 Å². The number of carboxylic acid groups (broad SMARTS) is 1. The highest BCUT2D eigenvalue weighted by Gasteiger charge is 2.11. The van der Waals surface area contributed by atoms with Crippen LogP contribution in [-0.4, -0.2) is 27.9 Å². The number of aromatic hydroxyl groups is 2. The lowest BCUT2D eigenvalue weighted by Crippen LogP contribution is -2.01. The summed E-state index contributed by atoms with van der Waals surface area (Å²) in [6.07, 6.45) is 1.87. The largest absolute Gasteiger partial charge is 0.504 e. The highest BCUT2D eigenvalue weighted by molar-refractivity contribution is 5.90. The number of carboxylic acids is 1. The van der Waals surface area contributed by atoms with Crippen LogP contribution in [0.4, 0.5) is 0 Å². The number of aromatic carboxylic acids is 1. The minimum atomic E-state index is -1.05. The summed E-state index contributed by atoms with van der Waals surface area (Å²) in [5.41, 5.74) is 1.30. The Bertz CT molecular complexity index is 679. The van der Waals surface area contributed by atoms with E-state index in [2.05, 4.69) is 0 Å². The molecule has 0 radical (unpaired) electrons. The summed E-state index contributed by atoms with van der Waals surface area (Å²) < 4.78 is 5.58. The van der Waals surface area contributed by atoms with Gasteiger partial charge in [0.15, 0.2) is 11.5 Å². The van der Waals surface area contributed by atoms with Crippen molar-refractivity contribution in [1.82, 2.24) is 0 Å². The van der Waals surface area contributed by atoms with E-state index in [9.17, 15) is 20.1 Å². The van der Waals surface area contributed by atoms with E-state index in [0.717, 1.165) is 12.8 Å². The average molecular weight is 302 g/mol. The lowest BCUT2D eigenvalue weighted by Gasteiger charge is -2.10. The molecule has 5 nitrogen and oxygen atoms in total. The Balaban J connectivity index is 2.40. The summed E-state index contributed by atoms with van der Waals surface area (Å²) in [5, 5.41) is 28.2. The Hall–Kier alpha value is -2.69. The number of unbranched alkanes of at least 4 members (excludes halogenated alkanes) is 1. The van der Waals surface area contributed by atoms with E-state index in [0.29, 0.717) is 23.5 Å². The van der Waals surface area contributed by atoms with E-state index in [1.54, 1.807) is 12.1 Å². The minimum Gasteiger partial charge on any atom is -0.504 e. The molecule has 0 saturated carbocycles. The number of phenolic OH excluding ortho intramolecular Hbond substituents is 2. The van der Waals surface area contributed by atoms with Gasteiger partial charge in [-0.2, -0.15) is 0 Å². The summed E-state index contributed by atoms with van der Waals surface area (Å²) in [5.74, 6) is -1.06. The third-order valence-electron chi connectivity index (χ3n) is 3.23. The molecule has 0 aliphatic heterocycles. The summed E-state index contributed by atoms with van der Waals surface area (Å²) in [4.78, 5) is 11.2. The van der Waals surface area contributed by atoms with E-state index < -0.39 is 5.97 Å². The maximum absolute atomic E-state index is 11.2. The van der Waals surface area contributed by atoms with Gasteiger partial charge in [0.1, 0.15) is 5.75 Å². The Morgan fingerprint density at radius 1 is 1.05 bits per heavy atom. The first kappa shape index (κ1) is 15.7. The minimum absolute atomic E-state index is 0.108. The van der Waals surface area contributed by atoms with Gasteiger partial charge in [0.25, 0.3) is 0 Å². The SMILES string of the molecule is CCCCOc1cc(C(=O)O)cc(-c2ccc(O)c(O)c2)c1. The maximum Gasteiger partial charge on any atom is 0.335 e. The van der Waals surface area contributed by atoms with Gasteiger partial charge in [0.2, 0.25) is 0 Å². The Kier molecular flexibility index (Phi) is 4.88. The molecule has 0 amide bonds. The molecule has 2 aromatic carbocycles. The predicted molar refractivity (Wildman–Crippen MR) is 82.6 cm³/mol. The molecule has 0 fully saturated rings. The first-order valence-electron chi connectivity index (χ1n) is 7.04. The first-order valence-corrected chi connectivity index (χ1v) is 7.04. The molecule has 0 spiro atoms. The second-order valence-electron chi connectivity index (χ2n) is 4.96. The second-order valence-corrected chi connectivity index (χ2v) is 4.96. The van der Waals surface area contributed by atoms with Crippen molar-refractivity contribution in [3.8, 4) is 28.4 Å². The Labute approximate surface area is 128 Å². The van der Waals surface area contributed by atoms with Crippen molar-refractivity contribution in [2.45, 2.75) is 19.8 Å². The van der Waals surface area contributed by atoms with E-state index in [4.69, 9.17) is 4.74 Å². The van der Waals surface area contributed by atoms with Crippen LogP contribution in [0.2, 0.25) is 0 Å². The van der Waals surface area contributed by atoms with Crippen LogP contribution in [0, 0.1) is 0 Å². The van der Waals surface area contributed by atoms with Gasteiger partial charge in [0, 0.05) is 0 Å². The van der Waals surface area contributed by atoms with Crippen LogP contribution in [0.25, 0.3) is 11.1 Å². The first-order chi connectivity index (χ1) is 10.5. The topological polar surface area (TPSA) is 87.0 Å². The van der Waals surface area contributed by atoms with Crippen molar-refractivity contribution >= 4 is 5.97 Å². The van der Waals surface area contributed by atoms with Gasteiger partial charge in [-0.15, -0.1) is 0 Å². The molecule has 3 N–H and O–H groups in total. The molecule has 0 saturated heterocycles. The van der Waals surface area contributed by atoms with Crippen molar-refractivity contribution < 1.29 is 24.9 Å². The maximum atomic E-state index is 11.2. The van der Waals surface area contributed by atoms with Crippen molar-refractivity contribution in [3.63, 3.8) is 0 Å². The van der Waals surface area contributed by atoms with Gasteiger partial charge in [0.05, 0.1) is 12.2 Å². The third kappa shape index (κ3) is 3.69. The van der Waals surface area contributed by atoms with E-state index >= 15 is 0 Å². The summed E-state index contributed by atoms with van der Waals surface area (Å²) in [6, 6.07) is 9.03. The molecule has 5 heteroatoms. The van der Waals surface area contributed by atoms with Crippen molar-refractivity contribution in [1.29, 1.82) is 0 Å². The van der Waals surface area contributed by atoms with Gasteiger partial charge in [-0.05, 0) is 47.9 Å². The van der Waals surface area contributed by atoms with Crippen LogP contribution in [0.1, 0.15) is 30.1 Å². The molecular weight excluding hydrogens is 284 g/mol. The van der Waals surface area contributed by atoms with E-state index in [-0.39, 0.29) is 17.1 Å². The second kappa shape index (κ2) is 6.85. The van der Waals surface area contributed by atoms with Gasteiger partial charge in [-0.3, -0.25) is 0 Å². The van der Waals surface area contributed by atoms with Gasteiger partial charge >= 0.3 is 5.97 Å². The number of carbonyl (C=O) groups is 1. The fraction of sp³-hybridized carbons (Fsp3) is 0.235. The molecule has 0 bridgehead atoms. The molecule has 0 aliphatic rings. The zero-order valence-electron chi connectivity index (χ0n) is 12.2. The highest BCUT2D eigenvalue weighted by atomic mass is 16.5. The quantitative estimate of drug-likeness (QED) is 0.560. The van der Waals surface area contributed by atoms with Gasteiger partial charge in [-0.1, -0.05) is 19.4 Å². The number of hydrogen-bond donors (Lipinski definition) is 3. The van der Waals surface area contributed by atoms with Crippen LogP contribution >= 0.6 is 0 Å². The average Bonchev–Trinajstić information content (AvgIpc) is 2.50. The number of hydrogen-bond acceptors (Lipinski definition) is 4. The fourth-order valence-electron chi connectivity index (χ4n) is 2.01. The monoisotopic (exact) mass is 302 g/mol. The molecule has 0 aliphatic carbocycles. The molecule has 0 aromatic heterocycles. The smallest absolute Gasteiger partial charge is 0.335 e. The Morgan fingerprint density at radius 2 is 1.82 bits per heavy atom. The van der Waals surface area contributed by atoms with Gasteiger partial charge < -0.3 is 20.1 Å². The van der Waals surface area contributed by atoms with Crippen LogP contribution in [0.5, 0.6) is 17.2 Å². The van der Waals surface area contributed by atoms with Crippen molar-refractivity contribution in [2.75, 3.05) is 6.61 Å².